The van der Waals surface area contributed by atoms with Crippen molar-refractivity contribution in [1.29, 1.82) is 0 Å². The van der Waals surface area contributed by atoms with E-state index in [4.69, 9.17) is 0 Å². The van der Waals surface area contributed by atoms with E-state index in [9.17, 15) is 9.90 Å². The Bertz CT molecular complexity index is 261. The molecule has 1 N–H and O–H groups in total. The van der Waals surface area contributed by atoms with Gasteiger partial charge in [0, 0.05) is 31.5 Å². The lowest BCUT2D eigenvalue weighted by Crippen LogP contribution is -2.40. The Balaban J connectivity index is 1.91. The number of Topliss-reactive ketones (excluding diaryl/α,β-unsaturated/α-hetero) is 1. The van der Waals surface area contributed by atoms with E-state index in [-0.39, 0.29) is 12.5 Å². The van der Waals surface area contributed by atoms with Crippen LogP contribution in [0.3, 0.4) is 0 Å². The smallest absolute Gasteiger partial charge is 0.137 e. The molecular weight excluding hydrogens is 226 g/mol. The Kier molecular flexibility index (Phi) is 5.64. The van der Waals surface area contributed by atoms with E-state index < -0.39 is 0 Å². The highest BCUT2D eigenvalue weighted by atomic mass is 16.3. The van der Waals surface area contributed by atoms with Gasteiger partial charge in [-0.05, 0) is 25.7 Å². The van der Waals surface area contributed by atoms with E-state index >= 15 is 0 Å². The van der Waals surface area contributed by atoms with Gasteiger partial charge in [-0.1, -0.05) is 25.7 Å². The van der Waals surface area contributed by atoms with Crippen molar-refractivity contribution in [2.45, 2.75) is 63.8 Å². The molecule has 0 heterocycles. The number of ketones is 1. The van der Waals surface area contributed by atoms with Crippen molar-refractivity contribution < 1.29 is 9.90 Å². The average molecular weight is 253 g/mol. The minimum Gasteiger partial charge on any atom is -0.395 e. The fraction of sp³-hybridized carbons (Fsp3) is 0.933. The van der Waals surface area contributed by atoms with Gasteiger partial charge in [0.2, 0.25) is 0 Å². The predicted octanol–water partition coefficient (Wildman–Crippen LogP) is 2.37. The number of carbonyl (C=O) groups is 1. The number of hydrogen-bond donors (Lipinski definition) is 1. The van der Waals surface area contributed by atoms with Crippen LogP contribution in [0.15, 0.2) is 0 Å². The van der Waals surface area contributed by atoms with Gasteiger partial charge in [-0.3, -0.25) is 9.69 Å². The van der Waals surface area contributed by atoms with Gasteiger partial charge in [-0.2, -0.15) is 0 Å². The van der Waals surface area contributed by atoms with Crippen LogP contribution in [0.4, 0.5) is 0 Å². The highest BCUT2D eigenvalue weighted by Gasteiger charge is 2.28. The normalized spacial score (nSPS) is 26.8. The molecule has 104 valence electrons. The Morgan fingerprint density at radius 2 is 1.78 bits per heavy atom. The molecule has 18 heavy (non-hydrogen) atoms. The number of carbonyl (C=O) groups excluding carboxylic acids is 1. The fourth-order valence-corrected chi connectivity index (χ4v) is 3.53. The Morgan fingerprint density at radius 3 is 2.50 bits per heavy atom. The highest BCUT2D eigenvalue weighted by Crippen LogP contribution is 2.27. The molecule has 0 saturated heterocycles. The van der Waals surface area contributed by atoms with E-state index in [1.807, 2.05) is 0 Å². The summed E-state index contributed by atoms with van der Waals surface area (Å²) in [5.74, 6) is 0.702. The quantitative estimate of drug-likeness (QED) is 0.765. The summed E-state index contributed by atoms with van der Waals surface area (Å²) in [6.45, 7) is 1.86. The molecule has 0 spiro atoms. The monoisotopic (exact) mass is 253 g/mol. The maximum Gasteiger partial charge on any atom is 0.137 e. The first-order valence-electron chi connectivity index (χ1n) is 7.69. The molecule has 2 aliphatic rings. The van der Waals surface area contributed by atoms with Crippen LogP contribution in [-0.4, -0.2) is 41.5 Å². The van der Waals surface area contributed by atoms with Crippen LogP contribution in [-0.2, 0) is 4.79 Å². The second-order valence-electron chi connectivity index (χ2n) is 5.92. The molecule has 3 nitrogen and oxygen atoms in total. The summed E-state index contributed by atoms with van der Waals surface area (Å²) in [4.78, 5) is 14.5. The van der Waals surface area contributed by atoms with Crippen molar-refractivity contribution in [2.75, 3.05) is 19.7 Å². The van der Waals surface area contributed by atoms with Crippen molar-refractivity contribution in [3.05, 3.63) is 0 Å². The van der Waals surface area contributed by atoms with Gasteiger partial charge in [-0.25, -0.2) is 0 Å². The molecule has 0 amide bonds. The summed E-state index contributed by atoms with van der Waals surface area (Å²) < 4.78 is 0. The van der Waals surface area contributed by atoms with E-state index in [0.29, 0.717) is 11.8 Å². The third-order valence-corrected chi connectivity index (χ3v) is 4.61. The SMILES string of the molecule is O=C1CCCCCC1CN(CCO)C1CCCC1. The van der Waals surface area contributed by atoms with Crippen LogP contribution in [0, 0.1) is 5.92 Å². The zero-order valence-corrected chi connectivity index (χ0v) is 11.4. The second-order valence-corrected chi connectivity index (χ2v) is 5.92. The zero-order valence-electron chi connectivity index (χ0n) is 11.4. The summed E-state index contributed by atoms with van der Waals surface area (Å²) in [6, 6.07) is 0.619. The largest absolute Gasteiger partial charge is 0.395 e. The molecule has 0 radical (unpaired) electrons. The molecule has 2 saturated carbocycles. The molecular formula is C15H27NO2. The van der Waals surface area contributed by atoms with Gasteiger partial charge in [-0.15, -0.1) is 0 Å². The minimum absolute atomic E-state index is 0.220. The standard InChI is InChI=1S/C15H27NO2/c17-11-10-16(14-7-4-5-8-14)12-13-6-2-1-3-9-15(13)18/h13-14,17H,1-12H2. The van der Waals surface area contributed by atoms with Crippen molar-refractivity contribution in [3.8, 4) is 0 Å². The number of nitrogens with zero attached hydrogens (tertiary/aromatic N) is 1. The maximum atomic E-state index is 12.1. The molecule has 2 fully saturated rings. The van der Waals surface area contributed by atoms with Gasteiger partial charge in [0.25, 0.3) is 0 Å². The molecule has 1 atom stereocenters. The van der Waals surface area contributed by atoms with Gasteiger partial charge in [0.1, 0.15) is 5.78 Å². The van der Waals surface area contributed by atoms with Crippen LogP contribution in [0.25, 0.3) is 0 Å². The fourth-order valence-electron chi connectivity index (χ4n) is 3.53. The summed E-state index contributed by atoms with van der Waals surface area (Å²) in [5, 5.41) is 9.22. The number of aliphatic hydroxyl groups is 1. The van der Waals surface area contributed by atoms with Crippen LogP contribution in [0.1, 0.15) is 57.8 Å². The zero-order chi connectivity index (χ0) is 12.8. The van der Waals surface area contributed by atoms with Crippen molar-refractivity contribution in [3.63, 3.8) is 0 Å². The lowest BCUT2D eigenvalue weighted by atomic mass is 9.97. The summed E-state index contributed by atoms with van der Waals surface area (Å²) >= 11 is 0. The third kappa shape index (κ3) is 3.79. The summed E-state index contributed by atoms with van der Waals surface area (Å²) in [5.41, 5.74) is 0. The number of aliphatic hydroxyl groups excluding tert-OH is 1. The topological polar surface area (TPSA) is 40.5 Å². The van der Waals surface area contributed by atoms with Gasteiger partial charge >= 0.3 is 0 Å². The van der Waals surface area contributed by atoms with Crippen LogP contribution < -0.4 is 0 Å². The first-order valence-corrected chi connectivity index (χ1v) is 7.69. The summed E-state index contributed by atoms with van der Waals surface area (Å²) in [6.07, 6.45) is 10.5. The van der Waals surface area contributed by atoms with Gasteiger partial charge in [0.15, 0.2) is 0 Å². The number of hydrogen-bond acceptors (Lipinski definition) is 3. The Morgan fingerprint density at radius 1 is 1.06 bits per heavy atom. The first-order chi connectivity index (χ1) is 8.81. The Labute approximate surface area is 111 Å². The third-order valence-electron chi connectivity index (χ3n) is 4.61. The van der Waals surface area contributed by atoms with E-state index in [0.717, 1.165) is 32.4 Å². The van der Waals surface area contributed by atoms with E-state index in [1.54, 1.807) is 0 Å². The lowest BCUT2D eigenvalue weighted by molar-refractivity contribution is -0.123. The second kappa shape index (κ2) is 7.25. The molecule has 0 aromatic heterocycles. The molecule has 0 aliphatic heterocycles. The maximum absolute atomic E-state index is 12.1. The summed E-state index contributed by atoms with van der Waals surface area (Å²) in [7, 11) is 0. The van der Waals surface area contributed by atoms with Crippen molar-refractivity contribution >= 4 is 5.78 Å². The molecule has 0 aromatic rings. The molecule has 0 bridgehead atoms. The van der Waals surface area contributed by atoms with Crippen LogP contribution >= 0.6 is 0 Å². The predicted molar refractivity (Wildman–Crippen MR) is 72.5 cm³/mol. The first kappa shape index (κ1) is 14.0. The highest BCUT2D eigenvalue weighted by molar-refractivity contribution is 5.81. The molecule has 2 aliphatic carbocycles. The minimum atomic E-state index is 0.220. The van der Waals surface area contributed by atoms with E-state index in [2.05, 4.69) is 4.90 Å². The van der Waals surface area contributed by atoms with Gasteiger partial charge in [0.05, 0.1) is 6.61 Å². The van der Waals surface area contributed by atoms with E-state index in [1.165, 1.54) is 38.5 Å². The van der Waals surface area contributed by atoms with Crippen LogP contribution in [0.2, 0.25) is 0 Å². The molecule has 1 unspecified atom stereocenters. The molecule has 2 rings (SSSR count). The van der Waals surface area contributed by atoms with Crippen LogP contribution in [0.5, 0.6) is 0 Å². The van der Waals surface area contributed by atoms with Crippen molar-refractivity contribution in [1.82, 2.24) is 4.90 Å². The Hall–Kier alpha value is -0.410. The molecule has 3 heteroatoms. The van der Waals surface area contributed by atoms with Crippen molar-refractivity contribution in [2.24, 2.45) is 5.92 Å². The number of rotatable bonds is 5. The lowest BCUT2D eigenvalue weighted by Gasteiger charge is -2.31. The van der Waals surface area contributed by atoms with Gasteiger partial charge < -0.3 is 5.11 Å². The molecule has 0 aromatic carbocycles. The average Bonchev–Trinajstić information content (AvgIpc) is 2.82.